The molecule has 1 aromatic carbocycles. The fourth-order valence-corrected chi connectivity index (χ4v) is 2.31. The molecule has 7 heteroatoms. The summed E-state index contributed by atoms with van der Waals surface area (Å²) in [5.41, 5.74) is 2.19. The zero-order valence-electron chi connectivity index (χ0n) is 11.7. The quantitative estimate of drug-likeness (QED) is 0.614. The summed E-state index contributed by atoms with van der Waals surface area (Å²) in [6.45, 7) is 0. The van der Waals surface area contributed by atoms with Gasteiger partial charge in [-0.2, -0.15) is 15.2 Å². The van der Waals surface area contributed by atoms with Crippen LogP contribution in [0.3, 0.4) is 0 Å². The van der Waals surface area contributed by atoms with Gasteiger partial charge in [-0.3, -0.25) is 5.10 Å². The molecule has 0 aliphatic heterocycles. The lowest BCUT2D eigenvalue weighted by atomic mass is 10.1. The standard InChI is InChI=1S/C15H13N7/c1-2-4-11(5-3-1)6-13-19-14(21-20-13)7-12-8-16-15-17-10-18-22(15)9-12/h1-5,8-10H,6-7H2,(H,19,20,21). The zero-order valence-corrected chi connectivity index (χ0v) is 11.7. The number of fused-ring (bicyclic) bond motifs is 1. The molecule has 0 saturated carbocycles. The molecule has 1 N–H and O–H groups in total. The molecule has 3 aromatic heterocycles. The second kappa shape index (κ2) is 5.36. The Kier molecular flexibility index (Phi) is 3.08. The summed E-state index contributed by atoms with van der Waals surface area (Å²) in [6, 6.07) is 10.2. The second-order valence-corrected chi connectivity index (χ2v) is 5.00. The fraction of sp³-hybridized carbons (Fsp3) is 0.133. The van der Waals surface area contributed by atoms with E-state index < -0.39 is 0 Å². The SMILES string of the molecule is c1ccc(Cc2n[nH]c(Cc3cnc4ncnn4c3)n2)cc1. The smallest absolute Gasteiger partial charge is 0.252 e. The summed E-state index contributed by atoms with van der Waals surface area (Å²) < 4.78 is 1.65. The molecule has 0 amide bonds. The highest BCUT2D eigenvalue weighted by molar-refractivity contribution is 5.27. The second-order valence-electron chi connectivity index (χ2n) is 5.00. The number of hydrogen-bond acceptors (Lipinski definition) is 5. The number of hydrogen-bond donors (Lipinski definition) is 1. The number of nitrogens with zero attached hydrogens (tertiary/aromatic N) is 6. The topological polar surface area (TPSA) is 84.6 Å². The van der Waals surface area contributed by atoms with E-state index >= 15 is 0 Å². The number of aromatic amines is 1. The van der Waals surface area contributed by atoms with Crippen molar-refractivity contribution < 1.29 is 0 Å². The predicted molar refractivity (Wildman–Crippen MR) is 79.2 cm³/mol. The normalized spacial score (nSPS) is 11.1. The van der Waals surface area contributed by atoms with Crippen LogP contribution in [0.25, 0.3) is 5.78 Å². The number of aromatic nitrogens is 7. The van der Waals surface area contributed by atoms with Crippen LogP contribution in [-0.4, -0.2) is 34.8 Å². The van der Waals surface area contributed by atoms with Gasteiger partial charge in [0.05, 0.1) is 0 Å². The predicted octanol–water partition coefficient (Wildman–Crippen LogP) is 1.42. The van der Waals surface area contributed by atoms with Crippen LogP contribution in [-0.2, 0) is 12.8 Å². The van der Waals surface area contributed by atoms with Crippen LogP contribution < -0.4 is 0 Å². The highest BCUT2D eigenvalue weighted by Gasteiger charge is 2.07. The Bertz CT molecular complexity index is 894. The first-order valence-electron chi connectivity index (χ1n) is 6.95. The van der Waals surface area contributed by atoms with Crippen molar-refractivity contribution in [2.45, 2.75) is 12.8 Å². The highest BCUT2D eigenvalue weighted by atomic mass is 15.3. The Morgan fingerprint density at radius 2 is 1.91 bits per heavy atom. The molecule has 7 nitrogen and oxygen atoms in total. The third-order valence-corrected chi connectivity index (χ3v) is 3.34. The van der Waals surface area contributed by atoms with Crippen molar-refractivity contribution in [3.63, 3.8) is 0 Å². The molecule has 0 bridgehead atoms. The van der Waals surface area contributed by atoms with Crippen LogP contribution in [0.1, 0.15) is 22.8 Å². The third-order valence-electron chi connectivity index (χ3n) is 3.34. The van der Waals surface area contributed by atoms with Crippen molar-refractivity contribution in [3.8, 4) is 0 Å². The molecule has 22 heavy (non-hydrogen) atoms. The van der Waals surface area contributed by atoms with E-state index in [2.05, 4.69) is 42.4 Å². The van der Waals surface area contributed by atoms with Crippen molar-refractivity contribution in [1.82, 2.24) is 34.8 Å². The monoisotopic (exact) mass is 291 g/mol. The Morgan fingerprint density at radius 3 is 2.82 bits per heavy atom. The number of rotatable bonds is 4. The van der Waals surface area contributed by atoms with E-state index in [1.807, 2.05) is 24.4 Å². The van der Waals surface area contributed by atoms with Gasteiger partial charge < -0.3 is 0 Å². The van der Waals surface area contributed by atoms with Crippen LogP contribution in [0, 0.1) is 0 Å². The van der Waals surface area contributed by atoms with Crippen LogP contribution in [0.2, 0.25) is 0 Å². The van der Waals surface area contributed by atoms with Gasteiger partial charge in [-0.15, -0.1) is 0 Å². The first kappa shape index (κ1) is 12.6. The molecule has 0 aliphatic rings. The van der Waals surface area contributed by atoms with E-state index in [0.29, 0.717) is 12.2 Å². The first-order chi connectivity index (χ1) is 10.9. The van der Waals surface area contributed by atoms with Gasteiger partial charge in [-0.05, 0) is 11.1 Å². The molecular formula is C15H13N7. The molecule has 0 saturated heterocycles. The van der Waals surface area contributed by atoms with Crippen molar-refractivity contribution in [2.75, 3.05) is 0 Å². The Morgan fingerprint density at radius 1 is 1.00 bits per heavy atom. The zero-order chi connectivity index (χ0) is 14.8. The highest BCUT2D eigenvalue weighted by Crippen LogP contribution is 2.08. The minimum atomic E-state index is 0.589. The molecule has 0 unspecified atom stereocenters. The lowest BCUT2D eigenvalue weighted by Gasteiger charge is -1.98. The average Bonchev–Trinajstić information content (AvgIpc) is 3.17. The molecule has 4 aromatic rings. The van der Waals surface area contributed by atoms with Crippen LogP contribution in [0.15, 0.2) is 49.1 Å². The molecule has 0 radical (unpaired) electrons. The number of H-pyrrole nitrogens is 1. The maximum absolute atomic E-state index is 4.53. The maximum atomic E-state index is 4.53. The summed E-state index contributed by atoms with van der Waals surface area (Å²) >= 11 is 0. The van der Waals surface area contributed by atoms with Crippen LogP contribution in [0.4, 0.5) is 0 Å². The van der Waals surface area contributed by atoms with E-state index in [1.165, 1.54) is 11.9 Å². The van der Waals surface area contributed by atoms with E-state index in [-0.39, 0.29) is 0 Å². The summed E-state index contributed by atoms with van der Waals surface area (Å²) in [6.07, 6.45) is 6.51. The molecule has 108 valence electrons. The largest absolute Gasteiger partial charge is 0.263 e. The summed E-state index contributed by atoms with van der Waals surface area (Å²) in [7, 11) is 0. The maximum Gasteiger partial charge on any atom is 0.252 e. The van der Waals surface area contributed by atoms with Gasteiger partial charge in [0.1, 0.15) is 12.2 Å². The summed E-state index contributed by atoms with van der Waals surface area (Å²) in [5, 5.41) is 11.3. The van der Waals surface area contributed by atoms with Crippen LogP contribution >= 0.6 is 0 Å². The van der Waals surface area contributed by atoms with E-state index in [9.17, 15) is 0 Å². The molecule has 3 heterocycles. The number of benzene rings is 1. The molecular weight excluding hydrogens is 278 g/mol. The van der Waals surface area contributed by atoms with Crippen molar-refractivity contribution in [3.05, 3.63) is 71.8 Å². The van der Waals surface area contributed by atoms with Crippen LogP contribution in [0.5, 0.6) is 0 Å². The van der Waals surface area contributed by atoms with E-state index in [1.54, 1.807) is 10.7 Å². The van der Waals surface area contributed by atoms with Gasteiger partial charge in [0.2, 0.25) is 0 Å². The van der Waals surface area contributed by atoms with Gasteiger partial charge in [-0.25, -0.2) is 14.5 Å². The fourth-order valence-electron chi connectivity index (χ4n) is 2.31. The lowest BCUT2D eigenvalue weighted by Crippen LogP contribution is -1.97. The molecule has 0 aliphatic carbocycles. The molecule has 0 spiro atoms. The Hall–Kier alpha value is -3.09. The van der Waals surface area contributed by atoms with E-state index in [4.69, 9.17) is 0 Å². The lowest BCUT2D eigenvalue weighted by molar-refractivity contribution is 0.896. The Balaban J connectivity index is 1.51. The van der Waals surface area contributed by atoms with Gasteiger partial charge >= 0.3 is 0 Å². The number of nitrogens with one attached hydrogen (secondary N) is 1. The molecule has 0 fully saturated rings. The minimum absolute atomic E-state index is 0.589. The summed E-state index contributed by atoms with van der Waals surface area (Å²) in [5.74, 6) is 2.19. The Labute approximate surface area is 126 Å². The van der Waals surface area contributed by atoms with E-state index in [0.717, 1.165) is 23.6 Å². The first-order valence-corrected chi connectivity index (χ1v) is 6.95. The van der Waals surface area contributed by atoms with Crippen molar-refractivity contribution in [2.24, 2.45) is 0 Å². The van der Waals surface area contributed by atoms with Crippen molar-refractivity contribution in [1.29, 1.82) is 0 Å². The molecule has 0 atom stereocenters. The summed E-state index contributed by atoms with van der Waals surface area (Å²) in [4.78, 5) is 12.8. The van der Waals surface area contributed by atoms with Crippen molar-refractivity contribution >= 4 is 5.78 Å². The van der Waals surface area contributed by atoms with Gasteiger partial charge in [0.15, 0.2) is 5.82 Å². The average molecular weight is 291 g/mol. The minimum Gasteiger partial charge on any atom is -0.263 e. The molecule has 4 rings (SSSR count). The van der Waals surface area contributed by atoms with Gasteiger partial charge in [-0.1, -0.05) is 30.3 Å². The van der Waals surface area contributed by atoms with Gasteiger partial charge in [0.25, 0.3) is 5.78 Å². The van der Waals surface area contributed by atoms with Gasteiger partial charge in [0, 0.05) is 25.2 Å². The third kappa shape index (κ3) is 2.56.